The molecular weight excluding hydrogens is 274 g/mol. The average molecular weight is 291 g/mol. The van der Waals surface area contributed by atoms with E-state index in [0.717, 1.165) is 0 Å². The van der Waals surface area contributed by atoms with Crippen LogP contribution >= 0.6 is 0 Å². The highest BCUT2D eigenvalue weighted by atomic mass is 16.4. The molecule has 2 unspecified atom stereocenters. The molecule has 114 valence electrons. The largest absolute Gasteiger partial charge is 0.481 e. The van der Waals surface area contributed by atoms with Gasteiger partial charge in [-0.3, -0.25) is 14.4 Å². The Hall–Kier alpha value is -2.20. The predicted octanol–water partition coefficient (Wildman–Crippen LogP) is -3.14. The number of hydrogen-bond donors (Lipinski definition) is 6. The number of rotatable bonds is 9. The number of amides is 2. The molecule has 7 N–H and O–H groups in total. The average Bonchev–Trinajstić information content (AvgIpc) is 2.39. The number of carboxylic acid groups (broad SMARTS) is 2. The van der Waals surface area contributed by atoms with Crippen LogP contribution in [0.1, 0.15) is 12.8 Å². The highest BCUT2D eigenvalue weighted by Crippen LogP contribution is 1.99. The third kappa shape index (κ3) is 6.66. The number of aliphatic hydroxyl groups is 1. The number of nitrogens with one attached hydrogen (secondary N) is 2. The van der Waals surface area contributed by atoms with Crippen molar-refractivity contribution < 1.29 is 34.5 Å². The zero-order valence-electron chi connectivity index (χ0n) is 10.5. The van der Waals surface area contributed by atoms with Crippen LogP contribution in [0, 0.1) is 0 Å². The number of aliphatic carboxylic acids is 2. The van der Waals surface area contributed by atoms with Crippen molar-refractivity contribution in [1.82, 2.24) is 10.6 Å². The van der Waals surface area contributed by atoms with E-state index < -0.39 is 55.4 Å². The van der Waals surface area contributed by atoms with Gasteiger partial charge < -0.3 is 31.7 Å². The molecule has 0 spiro atoms. The molecule has 0 heterocycles. The summed E-state index contributed by atoms with van der Waals surface area (Å²) in [5.74, 6) is -4.26. The minimum Gasteiger partial charge on any atom is -0.481 e. The van der Waals surface area contributed by atoms with Crippen LogP contribution in [0.5, 0.6) is 0 Å². The quantitative estimate of drug-likeness (QED) is 0.258. The van der Waals surface area contributed by atoms with Gasteiger partial charge in [0.2, 0.25) is 11.8 Å². The van der Waals surface area contributed by atoms with Crippen molar-refractivity contribution in [2.24, 2.45) is 5.73 Å². The molecule has 10 nitrogen and oxygen atoms in total. The monoisotopic (exact) mass is 291 g/mol. The van der Waals surface area contributed by atoms with Crippen LogP contribution in [0.4, 0.5) is 0 Å². The summed E-state index contributed by atoms with van der Waals surface area (Å²) in [7, 11) is 0. The van der Waals surface area contributed by atoms with E-state index in [1.54, 1.807) is 0 Å². The van der Waals surface area contributed by atoms with E-state index in [4.69, 9.17) is 21.1 Å². The topological polar surface area (TPSA) is 179 Å². The van der Waals surface area contributed by atoms with Crippen molar-refractivity contribution in [3.8, 4) is 0 Å². The van der Waals surface area contributed by atoms with Crippen LogP contribution in [-0.4, -0.2) is 64.3 Å². The summed E-state index contributed by atoms with van der Waals surface area (Å²) >= 11 is 0. The minimum atomic E-state index is -1.43. The van der Waals surface area contributed by atoms with E-state index >= 15 is 0 Å². The number of aliphatic hydroxyl groups excluding tert-OH is 1. The molecule has 0 saturated carbocycles. The van der Waals surface area contributed by atoms with Crippen LogP contribution < -0.4 is 16.4 Å². The highest BCUT2D eigenvalue weighted by Gasteiger charge is 2.26. The molecule has 0 aliphatic carbocycles. The lowest BCUT2D eigenvalue weighted by Gasteiger charge is -2.19. The first-order chi connectivity index (χ1) is 9.31. The van der Waals surface area contributed by atoms with Gasteiger partial charge in [-0.15, -0.1) is 0 Å². The Morgan fingerprint density at radius 2 is 1.65 bits per heavy atom. The smallest absolute Gasteiger partial charge is 0.326 e. The van der Waals surface area contributed by atoms with Gasteiger partial charge in [0.05, 0.1) is 13.2 Å². The fourth-order valence-corrected chi connectivity index (χ4v) is 1.24. The maximum Gasteiger partial charge on any atom is 0.326 e. The molecule has 0 saturated heterocycles. The molecule has 0 radical (unpaired) electrons. The Kier molecular flexibility index (Phi) is 7.85. The third-order valence-electron chi connectivity index (χ3n) is 2.28. The molecule has 10 heteroatoms. The Bertz CT molecular complexity index is 385. The summed E-state index contributed by atoms with van der Waals surface area (Å²) in [5, 5.41) is 30.4. The summed E-state index contributed by atoms with van der Waals surface area (Å²) < 4.78 is 0. The number of carbonyl (C=O) groups excluding carboxylic acids is 2. The molecule has 0 aliphatic heterocycles. The molecule has 0 aromatic heterocycles. The molecule has 20 heavy (non-hydrogen) atoms. The summed E-state index contributed by atoms with van der Waals surface area (Å²) in [6.45, 7) is -1.14. The van der Waals surface area contributed by atoms with E-state index in [-0.39, 0.29) is 6.42 Å². The van der Waals surface area contributed by atoms with Crippen molar-refractivity contribution in [3.63, 3.8) is 0 Å². The molecule has 0 aromatic rings. The van der Waals surface area contributed by atoms with Gasteiger partial charge in [-0.25, -0.2) is 4.79 Å². The predicted molar refractivity (Wildman–Crippen MR) is 64.5 cm³/mol. The van der Waals surface area contributed by atoms with Gasteiger partial charge in [0.1, 0.15) is 12.1 Å². The zero-order chi connectivity index (χ0) is 15.7. The van der Waals surface area contributed by atoms with Crippen molar-refractivity contribution in [1.29, 1.82) is 0 Å². The first-order valence-electron chi connectivity index (χ1n) is 5.67. The van der Waals surface area contributed by atoms with Gasteiger partial charge in [0.25, 0.3) is 0 Å². The minimum absolute atomic E-state index is 0.320. The zero-order valence-corrected chi connectivity index (χ0v) is 10.5. The molecular formula is C10H17N3O7. The fourth-order valence-electron chi connectivity index (χ4n) is 1.24. The first kappa shape index (κ1) is 17.8. The molecule has 2 amide bonds. The van der Waals surface area contributed by atoms with E-state index in [1.807, 2.05) is 5.32 Å². The van der Waals surface area contributed by atoms with E-state index in [1.165, 1.54) is 0 Å². The van der Waals surface area contributed by atoms with Gasteiger partial charge >= 0.3 is 11.9 Å². The van der Waals surface area contributed by atoms with Gasteiger partial charge in [-0.05, 0) is 6.42 Å². The lowest BCUT2D eigenvalue weighted by Crippen LogP contribution is -2.54. The number of hydrogen-bond acceptors (Lipinski definition) is 6. The second-order valence-electron chi connectivity index (χ2n) is 3.84. The molecule has 0 aromatic carbocycles. The van der Waals surface area contributed by atoms with Crippen LogP contribution in [0.2, 0.25) is 0 Å². The van der Waals surface area contributed by atoms with E-state index in [9.17, 15) is 19.2 Å². The SMILES string of the molecule is NCC(=O)NC(CO)C(=O)NC(CCC(=O)O)C(=O)O. The van der Waals surface area contributed by atoms with Gasteiger partial charge in [-0.2, -0.15) is 0 Å². The summed E-state index contributed by atoms with van der Waals surface area (Å²) in [6.07, 6.45) is -0.768. The maximum atomic E-state index is 11.6. The summed E-state index contributed by atoms with van der Waals surface area (Å²) in [6, 6.07) is -2.78. The van der Waals surface area contributed by atoms with Crippen LogP contribution in [-0.2, 0) is 19.2 Å². The van der Waals surface area contributed by atoms with Crippen molar-refractivity contribution in [2.45, 2.75) is 24.9 Å². The number of carboxylic acids is 2. The van der Waals surface area contributed by atoms with E-state index in [0.29, 0.717) is 0 Å². The van der Waals surface area contributed by atoms with E-state index in [2.05, 4.69) is 5.32 Å². The maximum absolute atomic E-state index is 11.6. The highest BCUT2D eigenvalue weighted by molar-refractivity contribution is 5.91. The van der Waals surface area contributed by atoms with Crippen LogP contribution in [0.3, 0.4) is 0 Å². The van der Waals surface area contributed by atoms with Gasteiger partial charge in [0, 0.05) is 6.42 Å². The van der Waals surface area contributed by atoms with Crippen LogP contribution in [0.25, 0.3) is 0 Å². The molecule has 0 bridgehead atoms. The summed E-state index contributed by atoms with van der Waals surface area (Å²) in [4.78, 5) is 43.9. The lowest BCUT2D eigenvalue weighted by molar-refractivity contribution is -0.143. The Labute approximate surface area is 113 Å². The third-order valence-corrected chi connectivity index (χ3v) is 2.28. The fraction of sp³-hybridized carbons (Fsp3) is 0.600. The molecule has 0 rings (SSSR count). The van der Waals surface area contributed by atoms with Gasteiger partial charge in [0.15, 0.2) is 0 Å². The Balaban J connectivity index is 4.59. The second-order valence-corrected chi connectivity index (χ2v) is 3.84. The van der Waals surface area contributed by atoms with Crippen LogP contribution in [0.15, 0.2) is 0 Å². The van der Waals surface area contributed by atoms with Crippen molar-refractivity contribution in [3.05, 3.63) is 0 Å². The molecule has 0 aliphatic rings. The standard InChI is InChI=1S/C10H17N3O7/c11-3-7(15)12-6(4-14)9(18)13-5(10(19)20)1-2-8(16)17/h5-6,14H,1-4,11H2,(H,12,15)(H,13,18)(H,16,17)(H,19,20). The van der Waals surface area contributed by atoms with Crippen molar-refractivity contribution >= 4 is 23.8 Å². The molecule has 0 fully saturated rings. The van der Waals surface area contributed by atoms with Crippen molar-refractivity contribution in [2.75, 3.05) is 13.2 Å². The number of nitrogens with two attached hydrogens (primary N) is 1. The Morgan fingerprint density at radius 3 is 2.05 bits per heavy atom. The molecule has 2 atom stereocenters. The summed E-state index contributed by atoms with van der Waals surface area (Å²) in [5.41, 5.74) is 5.02. The lowest BCUT2D eigenvalue weighted by atomic mass is 10.1. The normalized spacial score (nSPS) is 13.1. The number of carbonyl (C=O) groups is 4. The Morgan fingerprint density at radius 1 is 1.05 bits per heavy atom. The van der Waals surface area contributed by atoms with Gasteiger partial charge in [-0.1, -0.05) is 0 Å². The second kappa shape index (κ2) is 8.82. The first-order valence-corrected chi connectivity index (χ1v) is 5.67.